The lowest BCUT2D eigenvalue weighted by Gasteiger charge is -2.40. The summed E-state index contributed by atoms with van der Waals surface area (Å²) in [6.45, 7) is 8.03. The number of rotatable bonds is 2. The molecule has 18 heavy (non-hydrogen) atoms. The lowest BCUT2D eigenvalue weighted by Crippen LogP contribution is -2.58. The Morgan fingerprint density at radius 2 is 1.94 bits per heavy atom. The largest absolute Gasteiger partial charge is 0.480 e. The van der Waals surface area contributed by atoms with Crippen LogP contribution in [0.1, 0.15) is 40.5 Å². The Morgan fingerprint density at radius 1 is 1.39 bits per heavy atom. The van der Waals surface area contributed by atoms with Gasteiger partial charge in [-0.2, -0.15) is 0 Å². The minimum atomic E-state index is -0.934. The molecule has 3 unspecified atom stereocenters. The van der Waals surface area contributed by atoms with E-state index in [1.165, 1.54) is 4.90 Å². The predicted molar refractivity (Wildman–Crippen MR) is 69.0 cm³/mol. The number of nitrogens with two attached hydrogens (primary N) is 1. The molecule has 1 saturated heterocycles. The maximum atomic E-state index is 12.3. The molecule has 5 nitrogen and oxygen atoms in total. The molecule has 3 N–H and O–H groups in total. The molecule has 0 radical (unpaired) electrons. The van der Waals surface area contributed by atoms with Gasteiger partial charge < -0.3 is 15.7 Å². The SMILES string of the molecule is CC1CCCN(C(=O)C(N)C(C)(C)C)C1C(=O)O. The Bertz CT molecular complexity index is 336. The number of carboxylic acids is 1. The third-order valence-electron chi connectivity index (χ3n) is 3.67. The van der Waals surface area contributed by atoms with Crippen LogP contribution < -0.4 is 5.73 Å². The average molecular weight is 256 g/mol. The van der Waals surface area contributed by atoms with Gasteiger partial charge in [-0.25, -0.2) is 4.79 Å². The number of piperidine rings is 1. The van der Waals surface area contributed by atoms with Crippen LogP contribution in [-0.4, -0.2) is 40.5 Å². The van der Waals surface area contributed by atoms with E-state index in [2.05, 4.69) is 0 Å². The third kappa shape index (κ3) is 3.02. The Kier molecular flexibility index (Phi) is 4.37. The maximum absolute atomic E-state index is 12.3. The molecule has 0 aromatic carbocycles. The number of amides is 1. The summed E-state index contributed by atoms with van der Waals surface area (Å²) >= 11 is 0. The van der Waals surface area contributed by atoms with Crippen molar-refractivity contribution in [3.05, 3.63) is 0 Å². The Morgan fingerprint density at radius 3 is 2.39 bits per heavy atom. The van der Waals surface area contributed by atoms with E-state index in [1.807, 2.05) is 27.7 Å². The molecule has 3 atom stereocenters. The number of nitrogens with zero attached hydrogens (tertiary/aromatic N) is 1. The van der Waals surface area contributed by atoms with E-state index >= 15 is 0 Å². The number of likely N-dealkylation sites (tertiary alicyclic amines) is 1. The fourth-order valence-corrected chi connectivity index (χ4v) is 2.36. The summed E-state index contributed by atoms with van der Waals surface area (Å²) in [7, 11) is 0. The molecule has 1 fully saturated rings. The van der Waals surface area contributed by atoms with Gasteiger partial charge in [0.2, 0.25) is 5.91 Å². The topological polar surface area (TPSA) is 83.6 Å². The zero-order valence-corrected chi connectivity index (χ0v) is 11.6. The number of hydrogen-bond acceptors (Lipinski definition) is 3. The molecule has 104 valence electrons. The van der Waals surface area contributed by atoms with E-state index in [1.54, 1.807) is 0 Å². The first-order valence-corrected chi connectivity index (χ1v) is 6.45. The van der Waals surface area contributed by atoms with Gasteiger partial charge in [-0.1, -0.05) is 27.7 Å². The highest BCUT2D eigenvalue weighted by Gasteiger charge is 2.41. The van der Waals surface area contributed by atoms with Crippen LogP contribution in [-0.2, 0) is 9.59 Å². The van der Waals surface area contributed by atoms with E-state index in [9.17, 15) is 14.7 Å². The van der Waals surface area contributed by atoms with Crippen LogP contribution in [0.3, 0.4) is 0 Å². The molecule has 1 amide bonds. The second-order valence-corrected chi connectivity index (χ2v) is 6.28. The predicted octanol–water partition coefficient (Wildman–Crippen LogP) is 1.07. The van der Waals surface area contributed by atoms with Gasteiger partial charge in [-0.05, 0) is 24.2 Å². The van der Waals surface area contributed by atoms with Crippen LogP contribution >= 0.6 is 0 Å². The van der Waals surface area contributed by atoms with Crippen molar-refractivity contribution in [3.63, 3.8) is 0 Å². The summed E-state index contributed by atoms with van der Waals surface area (Å²) in [5.41, 5.74) is 5.59. The monoisotopic (exact) mass is 256 g/mol. The fourth-order valence-electron chi connectivity index (χ4n) is 2.36. The van der Waals surface area contributed by atoms with Crippen LogP contribution in [0.4, 0.5) is 0 Å². The molecule has 0 bridgehead atoms. The van der Waals surface area contributed by atoms with Crippen LogP contribution in [0.5, 0.6) is 0 Å². The summed E-state index contributed by atoms with van der Waals surface area (Å²) < 4.78 is 0. The normalized spacial score (nSPS) is 26.8. The minimum absolute atomic E-state index is 0.0210. The maximum Gasteiger partial charge on any atom is 0.326 e. The highest BCUT2D eigenvalue weighted by atomic mass is 16.4. The molecule has 1 aliphatic rings. The van der Waals surface area contributed by atoms with Crippen LogP contribution in [0.2, 0.25) is 0 Å². The van der Waals surface area contributed by atoms with Gasteiger partial charge in [-0.15, -0.1) is 0 Å². The first-order chi connectivity index (χ1) is 8.16. The molecule has 1 heterocycles. The van der Waals surface area contributed by atoms with E-state index in [-0.39, 0.29) is 17.2 Å². The van der Waals surface area contributed by atoms with Gasteiger partial charge >= 0.3 is 5.97 Å². The van der Waals surface area contributed by atoms with Gasteiger partial charge in [-0.3, -0.25) is 4.79 Å². The second-order valence-electron chi connectivity index (χ2n) is 6.28. The van der Waals surface area contributed by atoms with E-state index in [0.717, 1.165) is 12.8 Å². The third-order valence-corrected chi connectivity index (χ3v) is 3.67. The summed E-state index contributed by atoms with van der Waals surface area (Å²) in [5, 5.41) is 9.28. The molecule has 0 aliphatic carbocycles. The molecule has 0 saturated carbocycles. The molecule has 0 aromatic heterocycles. The highest BCUT2D eigenvalue weighted by Crippen LogP contribution is 2.27. The van der Waals surface area contributed by atoms with Gasteiger partial charge in [0.1, 0.15) is 6.04 Å². The zero-order valence-electron chi connectivity index (χ0n) is 11.6. The number of carbonyl (C=O) groups excluding carboxylic acids is 1. The first-order valence-electron chi connectivity index (χ1n) is 6.45. The molecule has 5 heteroatoms. The summed E-state index contributed by atoms with van der Waals surface area (Å²) in [4.78, 5) is 25.1. The van der Waals surface area contributed by atoms with Crippen molar-refractivity contribution in [3.8, 4) is 0 Å². The summed E-state index contributed by atoms with van der Waals surface area (Å²) in [6, 6.07) is -1.40. The van der Waals surface area contributed by atoms with Crippen molar-refractivity contribution < 1.29 is 14.7 Å². The molecule has 0 spiro atoms. The molecule has 1 aliphatic heterocycles. The standard InChI is InChI=1S/C13H24N2O3/c1-8-6-5-7-15(9(8)12(17)18)11(16)10(14)13(2,3)4/h8-10H,5-7,14H2,1-4H3,(H,17,18). The number of aliphatic carboxylic acids is 1. The lowest BCUT2D eigenvalue weighted by molar-refractivity contribution is -0.156. The minimum Gasteiger partial charge on any atom is -0.480 e. The summed E-state index contributed by atoms with van der Waals surface area (Å²) in [5.74, 6) is -1.20. The van der Waals surface area contributed by atoms with E-state index in [4.69, 9.17) is 5.73 Å². The van der Waals surface area contributed by atoms with Crippen LogP contribution in [0.25, 0.3) is 0 Å². The van der Waals surface area contributed by atoms with Crippen molar-refractivity contribution >= 4 is 11.9 Å². The highest BCUT2D eigenvalue weighted by molar-refractivity contribution is 5.87. The number of carbonyl (C=O) groups is 2. The van der Waals surface area contributed by atoms with Gasteiger partial charge in [0, 0.05) is 6.54 Å². The number of carboxylic acid groups (broad SMARTS) is 1. The average Bonchev–Trinajstić information content (AvgIpc) is 2.24. The van der Waals surface area contributed by atoms with Crippen molar-refractivity contribution in [2.75, 3.05) is 6.54 Å². The van der Waals surface area contributed by atoms with Crippen molar-refractivity contribution in [1.82, 2.24) is 4.90 Å². The molecule has 1 rings (SSSR count). The second kappa shape index (κ2) is 5.26. The van der Waals surface area contributed by atoms with Crippen LogP contribution in [0.15, 0.2) is 0 Å². The van der Waals surface area contributed by atoms with E-state index in [0.29, 0.717) is 6.54 Å². The van der Waals surface area contributed by atoms with Gasteiger partial charge in [0.05, 0.1) is 6.04 Å². The zero-order chi connectivity index (χ0) is 14.1. The fraction of sp³-hybridized carbons (Fsp3) is 0.846. The van der Waals surface area contributed by atoms with Crippen molar-refractivity contribution in [2.45, 2.75) is 52.6 Å². The van der Waals surface area contributed by atoms with Crippen LogP contribution in [0, 0.1) is 11.3 Å². The van der Waals surface area contributed by atoms with Crippen molar-refractivity contribution in [1.29, 1.82) is 0 Å². The van der Waals surface area contributed by atoms with E-state index < -0.39 is 18.1 Å². The lowest BCUT2D eigenvalue weighted by atomic mass is 9.84. The first kappa shape index (κ1) is 15.0. The van der Waals surface area contributed by atoms with Crippen molar-refractivity contribution in [2.24, 2.45) is 17.1 Å². The van der Waals surface area contributed by atoms with Gasteiger partial charge in [0.15, 0.2) is 0 Å². The quantitative estimate of drug-likeness (QED) is 0.774. The molecular formula is C13H24N2O3. The Hall–Kier alpha value is -1.10. The number of hydrogen-bond donors (Lipinski definition) is 2. The smallest absolute Gasteiger partial charge is 0.326 e. The molecular weight excluding hydrogens is 232 g/mol. The summed E-state index contributed by atoms with van der Waals surface area (Å²) in [6.07, 6.45) is 1.68. The Balaban J connectivity index is 2.92. The Labute approximate surface area is 108 Å². The van der Waals surface area contributed by atoms with Gasteiger partial charge in [0.25, 0.3) is 0 Å². The molecule has 0 aromatic rings.